The molecule has 50 valence electrons. The molecule has 0 bridgehead atoms. The lowest BCUT2D eigenvalue weighted by Crippen LogP contribution is -1.80. The molecule has 2 nitrogen and oxygen atoms in total. The van der Waals surface area contributed by atoms with Gasteiger partial charge in [-0.1, -0.05) is 0 Å². The Labute approximate surface area is 58.2 Å². The summed E-state index contributed by atoms with van der Waals surface area (Å²) in [5, 5.41) is 8.13. The zero-order valence-corrected chi connectivity index (χ0v) is 6.38. The standard InChI is InChI=1S/C6H9NOS/c1-4-6(3-8)9-5(2)7-4/h8H,3H2,1-2H3/p+1. The number of hydrogen-bond acceptors (Lipinski definition) is 2. The Hall–Kier alpha value is -0.410. The van der Waals surface area contributed by atoms with E-state index in [-0.39, 0.29) is 0 Å². The quantitative estimate of drug-likeness (QED) is 0.541. The smallest absolute Gasteiger partial charge is 0.181 e. The van der Waals surface area contributed by atoms with E-state index >= 15 is 0 Å². The van der Waals surface area contributed by atoms with Crippen LogP contribution in [0.15, 0.2) is 0 Å². The molecule has 0 aromatic carbocycles. The number of aryl methyl sites for hydroxylation is 2. The summed E-state index contributed by atoms with van der Waals surface area (Å²) < 4.78 is 0. The largest absolute Gasteiger partial charge is 0.441 e. The zero-order chi connectivity index (χ0) is 6.85. The van der Waals surface area contributed by atoms with Crippen LogP contribution in [0.3, 0.4) is 0 Å². The van der Waals surface area contributed by atoms with Crippen molar-refractivity contribution in [2.75, 3.05) is 0 Å². The SMILES string of the molecule is Cc1nc(C)c(C[OH2+])s1. The summed E-state index contributed by atoms with van der Waals surface area (Å²) in [5.74, 6) is 0. The zero-order valence-electron chi connectivity index (χ0n) is 5.56. The van der Waals surface area contributed by atoms with Gasteiger partial charge in [0.25, 0.3) is 0 Å². The van der Waals surface area contributed by atoms with Crippen molar-refractivity contribution in [2.45, 2.75) is 20.5 Å². The predicted molar refractivity (Wildman–Crippen MR) is 38.9 cm³/mol. The second kappa shape index (κ2) is 2.45. The molecular formula is C6H10NOS+. The fourth-order valence-corrected chi connectivity index (χ4v) is 1.54. The summed E-state index contributed by atoms with van der Waals surface area (Å²) in [6.07, 6.45) is 0. The van der Waals surface area contributed by atoms with Crippen LogP contribution < -0.4 is 0 Å². The second-order valence-electron chi connectivity index (χ2n) is 1.92. The number of aromatic nitrogens is 1. The normalized spacial score (nSPS) is 10.1. The fraction of sp³-hybridized carbons (Fsp3) is 0.500. The van der Waals surface area contributed by atoms with E-state index in [1.165, 1.54) is 0 Å². The average molecular weight is 144 g/mol. The van der Waals surface area contributed by atoms with Crippen molar-refractivity contribution in [3.8, 4) is 0 Å². The molecule has 1 rings (SSSR count). The molecule has 0 aliphatic heterocycles. The average Bonchev–Trinajstić information content (AvgIpc) is 2.10. The van der Waals surface area contributed by atoms with Gasteiger partial charge < -0.3 is 5.11 Å². The van der Waals surface area contributed by atoms with Crippen LogP contribution in [-0.4, -0.2) is 10.1 Å². The minimum atomic E-state index is 0.372. The van der Waals surface area contributed by atoms with Crippen LogP contribution in [0.2, 0.25) is 0 Å². The molecule has 0 aliphatic rings. The number of hydrogen-bond donors (Lipinski definition) is 0. The van der Waals surface area contributed by atoms with E-state index in [1.54, 1.807) is 11.3 Å². The van der Waals surface area contributed by atoms with E-state index in [9.17, 15) is 0 Å². The topological polar surface area (TPSA) is 35.8 Å². The minimum Gasteiger partial charge on any atom is -0.441 e. The summed E-state index contributed by atoms with van der Waals surface area (Å²) >= 11 is 1.62. The maximum atomic E-state index is 7.07. The van der Waals surface area contributed by atoms with Crippen molar-refractivity contribution in [3.05, 3.63) is 15.6 Å². The maximum absolute atomic E-state index is 7.07. The van der Waals surface area contributed by atoms with Crippen molar-refractivity contribution in [1.82, 2.24) is 4.98 Å². The van der Waals surface area contributed by atoms with Gasteiger partial charge in [0, 0.05) is 0 Å². The van der Waals surface area contributed by atoms with Crippen LogP contribution in [0.25, 0.3) is 0 Å². The Morgan fingerprint density at radius 1 is 1.56 bits per heavy atom. The van der Waals surface area contributed by atoms with Crippen LogP contribution >= 0.6 is 11.3 Å². The lowest BCUT2D eigenvalue weighted by molar-refractivity contribution is 0.284. The molecule has 0 saturated carbocycles. The Morgan fingerprint density at radius 3 is 2.44 bits per heavy atom. The minimum absolute atomic E-state index is 0.372. The van der Waals surface area contributed by atoms with Gasteiger partial charge >= 0.3 is 0 Å². The van der Waals surface area contributed by atoms with E-state index in [2.05, 4.69) is 4.98 Å². The first-order valence-corrected chi connectivity index (χ1v) is 3.63. The highest BCUT2D eigenvalue weighted by Crippen LogP contribution is 2.15. The van der Waals surface area contributed by atoms with Gasteiger partial charge in [-0.25, -0.2) is 4.98 Å². The lowest BCUT2D eigenvalue weighted by atomic mass is 10.4. The van der Waals surface area contributed by atoms with Crippen molar-refractivity contribution >= 4 is 11.3 Å². The van der Waals surface area contributed by atoms with Crippen molar-refractivity contribution < 1.29 is 5.11 Å². The summed E-state index contributed by atoms with van der Waals surface area (Å²) in [7, 11) is 0. The first-order valence-electron chi connectivity index (χ1n) is 2.81. The molecule has 0 amide bonds. The molecule has 0 fully saturated rings. The highest BCUT2D eigenvalue weighted by Gasteiger charge is 2.03. The van der Waals surface area contributed by atoms with Crippen molar-refractivity contribution in [3.63, 3.8) is 0 Å². The molecule has 1 aromatic rings. The van der Waals surface area contributed by atoms with Crippen LogP contribution in [0.5, 0.6) is 0 Å². The summed E-state index contributed by atoms with van der Waals surface area (Å²) in [5.41, 5.74) is 1.02. The molecule has 2 N–H and O–H groups in total. The van der Waals surface area contributed by atoms with E-state index in [4.69, 9.17) is 5.11 Å². The van der Waals surface area contributed by atoms with Gasteiger partial charge in [-0.2, -0.15) is 0 Å². The Balaban J connectivity index is 3.01. The van der Waals surface area contributed by atoms with Gasteiger partial charge in [0.1, 0.15) is 4.88 Å². The van der Waals surface area contributed by atoms with Crippen LogP contribution in [-0.2, 0) is 6.61 Å². The highest BCUT2D eigenvalue weighted by molar-refractivity contribution is 7.11. The predicted octanol–water partition coefficient (Wildman–Crippen LogP) is 0.985. The van der Waals surface area contributed by atoms with E-state index < -0.39 is 0 Å². The monoisotopic (exact) mass is 144 g/mol. The van der Waals surface area contributed by atoms with E-state index in [0.717, 1.165) is 15.6 Å². The Morgan fingerprint density at radius 2 is 2.22 bits per heavy atom. The van der Waals surface area contributed by atoms with E-state index in [0.29, 0.717) is 6.61 Å². The summed E-state index contributed by atoms with van der Waals surface area (Å²) in [4.78, 5) is 5.27. The van der Waals surface area contributed by atoms with E-state index in [1.807, 2.05) is 13.8 Å². The molecule has 0 aliphatic carbocycles. The number of thiazole rings is 1. The second-order valence-corrected chi connectivity index (χ2v) is 3.21. The third-order valence-corrected chi connectivity index (χ3v) is 2.23. The molecule has 3 heteroatoms. The first kappa shape index (κ1) is 6.71. The third-order valence-electron chi connectivity index (χ3n) is 1.16. The molecule has 1 heterocycles. The maximum Gasteiger partial charge on any atom is 0.181 e. The summed E-state index contributed by atoms with van der Waals surface area (Å²) in [6, 6.07) is 0. The van der Waals surface area contributed by atoms with Crippen molar-refractivity contribution in [1.29, 1.82) is 0 Å². The van der Waals surface area contributed by atoms with Gasteiger partial charge in [-0.3, -0.25) is 0 Å². The molecule has 9 heavy (non-hydrogen) atoms. The van der Waals surface area contributed by atoms with Gasteiger partial charge in [0.15, 0.2) is 6.61 Å². The highest BCUT2D eigenvalue weighted by atomic mass is 32.1. The lowest BCUT2D eigenvalue weighted by Gasteiger charge is -1.82. The van der Waals surface area contributed by atoms with Gasteiger partial charge in [0.05, 0.1) is 10.7 Å². The van der Waals surface area contributed by atoms with Crippen LogP contribution in [0.1, 0.15) is 15.6 Å². The number of nitrogens with zero attached hydrogens (tertiary/aromatic N) is 1. The van der Waals surface area contributed by atoms with Gasteiger partial charge in [0.2, 0.25) is 0 Å². The third kappa shape index (κ3) is 1.28. The fourth-order valence-electron chi connectivity index (χ4n) is 0.737. The molecule has 0 saturated heterocycles. The molecule has 0 unspecified atom stereocenters. The summed E-state index contributed by atoms with van der Waals surface area (Å²) in [6.45, 7) is 4.29. The first-order chi connectivity index (χ1) is 4.24. The molecule has 0 atom stereocenters. The molecule has 1 aromatic heterocycles. The molecular weight excluding hydrogens is 134 g/mol. The molecule has 0 radical (unpaired) electrons. The van der Waals surface area contributed by atoms with Gasteiger partial charge in [-0.05, 0) is 13.8 Å². The molecule has 0 spiro atoms. The van der Waals surface area contributed by atoms with Crippen LogP contribution in [0.4, 0.5) is 0 Å². The Bertz CT molecular complexity index is 207. The Kier molecular flexibility index (Phi) is 1.83. The van der Waals surface area contributed by atoms with Gasteiger partial charge in [-0.15, -0.1) is 11.3 Å². The number of rotatable bonds is 1. The van der Waals surface area contributed by atoms with Crippen LogP contribution in [0, 0.1) is 13.8 Å². The van der Waals surface area contributed by atoms with Crippen molar-refractivity contribution in [2.24, 2.45) is 0 Å².